The molecule has 0 aliphatic rings. The van der Waals surface area contributed by atoms with Crippen LogP contribution in [0.2, 0.25) is 0 Å². The standard InChI is InChI=1S/C20H24N2O3S2/c1-3-22-27(24,25)19-11-6-17(7-12-19)8-13-20(23)21-14-15-26-18-9-4-16(2)5-10-18/h4-13,22H,3,14-15H2,1-2H3,(H,21,23). The molecule has 0 atom stereocenters. The van der Waals surface area contributed by atoms with Crippen LogP contribution in [0.1, 0.15) is 18.1 Å². The Bertz CT molecular complexity index is 874. The van der Waals surface area contributed by atoms with Gasteiger partial charge in [-0.05, 0) is 42.8 Å². The highest BCUT2D eigenvalue weighted by Gasteiger charge is 2.11. The molecule has 144 valence electrons. The lowest BCUT2D eigenvalue weighted by Crippen LogP contribution is -2.23. The van der Waals surface area contributed by atoms with Gasteiger partial charge in [0, 0.05) is 29.8 Å². The fraction of sp³-hybridized carbons (Fsp3) is 0.250. The number of hydrogen-bond acceptors (Lipinski definition) is 4. The number of amides is 1. The number of nitrogens with one attached hydrogen (secondary N) is 2. The number of thioether (sulfide) groups is 1. The van der Waals surface area contributed by atoms with Gasteiger partial charge in [-0.2, -0.15) is 0 Å². The van der Waals surface area contributed by atoms with E-state index in [-0.39, 0.29) is 10.8 Å². The number of benzene rings is 2. The van der Waals surface area contributed by atoms with Gasteiger partial charge in [0.2, 0.25) is 15.9 Å². The Morgan fingerprint density at radius 2 is 1.74 bits per heavy atom. The molecular weight excluding hydrogens is 380 g/mol. The third kappa shape index (κ3) is 7.21. The van der Waals surface area contributed by atoms with E-state index in [1.165, 1.54) is 28.7 Å². The molecule has 2 aromatic carbocycles. The van der Waals surface area contributed by atoms with E-state index in [1.54, 1.807) is 36.9 Å². The maximum Gasteiger partial charge on any atom is 0.244 e. The average molecular weight is 405 g/mol. The molecule has 0 heterocycles. The van der Waals surface area contributed by atoms with Crippen molar-refractivity contribution in [3.8, 4) is 0 Å². The van der Waals surface area contributed by atoms with Gasteiger partial charge in [0.1, 0.15) is 0 Å². The number of rotatable bonds is 9. The third-order valence-corrected chi connectivity index (χ3v) is 6.22. The summed E-state index contributed by atoms with van der Waals surface area (Å²) < 4.78 is 26.2. The van der Waals surface area contributed by atoms with Gasteiger partial charge in [0.25, 0.3) is 0 Å². The highest BCUT2D eigenvalue weighted by Crippen LogP contribution is 2.17. The molecule has 0 bridgehead atoms. The molecular formula is C20H24N2O3S2. The van der Waals surface area contributed by atoms with E-state index < -0.39 is 10.0 Å². The summed E-state index contributed by atoms with van der Waals surface area (Å²) in [6.07, 6.45) is 3.11. The molecule has 0 fully saturated rings. The lowest BCUT2D eigenvalue weighted by Gasteiger charge is -2.05. The Morgan fingerprint density at radius 3 is 2.37 bits per heavy atom. The average Bonchev–Trinajstić information content (AvgIpc) is 2.65. The Kier molecular flexibility index (Phi) is 8.09. The lowest BCUT2D eigenvalue weighted by molar-refractivity contribution is -0.116. The van der Waals surface area contributed by atoms with E-state index in [0.717, 1.165) is 11.3 Å². The Morgan fingerprint density at radius 1 is 1.07 bits per heavy atom. The summed E-state index contributed by atoms with van der Waals surface area (Å²) in [7, 11) is -3.45. The summed E-state index contributed by atoms with van der Waals surface area (Å²) in [5.74, 6) is 0.614. The quantitative estimate of drug-likeness (QED) is 0.382. The molecule has 0 aromatic heterocycles. The zero-order valence-electron chi connectivity index (χ0n) is 15.4. The summed E-state index contributed by atoms with van der Waals surface area (Å²) in [5, 5.41) is 2.83. The van der Waals surface area contributed by atoms with Crippen molar-refractivity contribution < 1.29 is 13.2 Å². The van der Waals surface area contributed by atoms with E-state index in [0.29, 0.717) is 13.1 Å². The van der Waals surface area contributed by atoms with Crippen LogP contribution in [-0.2, 0) is 14.8 Å². The van der Waals surface area contributed by atoms with Gasteiger partial charge in [-0.25, -0.2) is 13.1 Å². The molecule has 0 saturated carbocycles. The Hall–Kier alpha value is -2.09. The second kappa shape index (κ2) is 10.3. The Balaban J connectivity index is 1.78. The number of sulfonamides is 1. The normalized spacial score (nSPS) is 11.6. The molecule has 5 nitrogen and oxygen atoms in total. The highest BCUT2D eigenvalue weighted by molar-refractivity contribution is 7.99. The van der Waals surface area contributed by atoms with Crippen LogP contribution in [0.5, 0.6) is 0 Å². The van der Waals surface area contributed by atoms with Gasteiger partial charge in [0.05, 0.1) is 4.90 Å². The fourth-order valence-electron chi connectivity index (χ4n) is 2.24. The summed E-state index contributed by atoms with van der Waals surface area (Å²) >= 11 is 1.69. The van der Waals surface area contributed by atoms with E-state index in [9.17, 15) is 13.2 Å². The summed E-state index contributed by atoms with van der Waals surface area (Å²) in [6, 6.07) is 14.7. The van der Waals surface area contributed by atoms with Crippen LogP contribution in [-0.4, -0.2) is 33.2 Å². The van der Waals surface area contributed by atoms with Gasteiger partial charge in [-0.1, -0.05) is 36.8 Å². The van der Waals surface area contributed by atoms with E-state index in [2.05, 4.69) is 41.2 Å². The van der Waals surface area contributed by atoms with Crippen LogP contribution >= 0.6 is 11.8 Å². The predicted octanol–water partition coefficient (Wildman–Crippen LogP) is 3.21. The summed E-state index contributed by atoms with van der Waals surface area (Å²) in [5.41, 5.74) is 1.99. The van der Waals surface area contributed by atoms with E-state index in [1.807, 2.05) is 0 Å². The molecule has 0 saturated heterocycles. The number of carbonyl (C=O) groups excluding carboxylic acids is 1. The minimum atomic E-state index is -3.45. The van der Waals surface area contributed by atoms with Crippen molar-refractivity contribution >= 4 is 33.8 Å². The molecule has 7 heteroatoms. The monoisotopic (exact) mass is 404 g/mol. The Labute approximate surface area is 165 Å². The molecule has 1 amide bonds. The molecule has 2 rings (SSSR count). The second-order valence-corrected chi connectivity index (χ2v) is 8.79. The van der Waals surface area contributed by atoms with Crippen molar-refractivity contribution in [3.05, 3.63) is 65.7 Å². The van der Waals surface area contributed by atoms with Gasteiger partial charge in [-0.3, -0.25) is 4.79 Å². The largest absolute Gasteiger partial charge is 0.352 e. The van der Waals surface area contributed by atoms with Crippen molar-refractivity contribution in [1.29, 1.82) is 0 Å². The van der Waals surface area contributed by atoms with E-state index in [4.69, 9.17) is 0 Å². The first-order chi connectivity index (χ1) is 12.9. The molecule has 0 unspecified atom stereocenters. The van der Waals surface area contributed by atoms with E-state index >= 15 is 0 Å². The minimum Gasteiger partial charge on any atom is -0.352 e. The van der Waals surface area contributed by atoms with Gasteiger partial charge < -0.3 is 5.32 Å². The predicted molar refractivity (Wildman–Crippen MR) is 111 cm³/mol. The first-order valence-electron chi connectivity index (χ1n) is 8.66. The molecule has 0 aliphatic carbocycles. The molecule has 0 radical (unpaired) electrons. The van der Waals surface area contributed by atoms with Gasteiger partial charge in [0.15, 0.2) is 0 Å². The van der Waals surface area contributed by atoms with Crippen LogP contribution < -0.4 is 10.0 Å². The molecule has 27 heavy (non-hydrogen) atoms. The smallest absolute Gasteiger partial charge is 0.244 e. The van der Waals surface area contributed by atoms with Crippen molar-refractivity contribution in [3.63, 3.8) is 0 Å². The molecule has 0 aliphatic heterocycles. The second-order valence-electron chi connectivity index (χ2n) is 5.86. The van der Waals surface area contributed by atoms with Gasteiger partial charge in [-0.15, -0.1) is 11.8 Å². The van der Waals surface area contributed by atoms with Crippen molar-refractivity contribution in [2.75, 3.05) is 18.8 Å². The fourth-order valence-corrected chi connectivity index (χ4v) is 4.05. The van der Waals surface area contributed by atoms with Crippen LogP contribution in [0.25, 0.3) is 6.08 Å². The van der Waals surface area contributed by atoms with Crippen LogP contribution in [0.4, 0.5) is 0 Å². The minimum absolute atomic E-state index is 0.177. The zero-order valence-corrected chi connectivity index (χ0v) is 17.1. The summed E-state index contributed by atoms with van der Waals surface area (Å²) in [4.78, 5) is 13.3. The number of carbonyl (C=O) groups is 1. The van der Waals surface area contributed by atoms with Crippen molar-refractivity contribution in [2.45, 2.75) is 23.6 Å². The first kappa shape index (κ1) is 21.2. The lowest BCUT2D eigenvalue weighted by atomic mass is 10.2. The SMILES string of the molecule is CCNS(=O)(=O)c1ccc(C=CC(=O)NCCSc2ccc(C)cc2)cc1. The third-order valence-electron chi connectivity index (χ3n) is 3.64. The topological polar surface area (TPSA) is 75.3 Å². The van der Waals surface area contributed by atoms with Crippen molar-refractivity contribution in [2.24, 2.45) is 0 Å². The highest BCUT2D eigenvalue weighted by atomic mass is 32.2. The van der Waals surface area contributed by atoms with Crippen molar-refractivity contribution in [1.82, 2.24) is 10.0 Å². The molecule has 0 spiro atoms. The molecule has 2 N–H and O–H groups in total. The van der Waals surface area contributed by atoms with Gasteiger partial charge >= 0.3 is 0 Å². The number of aryl methyl sites for hydroxylation is 1. The van der Waals surface area contributed by atoms with Crippen LogP contribution in [0.15, 0.2) is 64.4 Å². The van der Waals surface area contributed by atoms with Crippen LogP contribution in [0.3, 0.4) is 0 Å². The maximum absolute atomic E-state index is 11.9. The van der Waals surface area contributed by atoms with Crippen LogP contribution in [0, 0.1) is 6.92 Å². The molecule has 2 aromatic rings. The maximum atomic E-state index is 11.9. The first-order valence-corrected chi connectivity index (χ1v) is 11.1. The number of hydrogen-bond donors (Lipinski definition) is 2. The zero-order chi connectivity index (χ0) is 19.7. The summed E-state index contributed by atoms with van der Waals surface area (Å²) in [6.45, 7) is 4.69.